The van der Waals surface area contributed by atoms with Crippen molar-refractivity contribution in [1.82, 2.24) is 9.78 Å². The van der Waals surface area contributed by atoms with Crippen molar-refractivity contribution < 1.29 is 4.79 Å². The summed E-state index contributed by atoms with van der Waals surface area (Å²) in [5, 5.41) is 17.0. The Kier molecular flexibility index (Phi) is 5.50. The van der Waals surface area contributed by atoms with E-state index in [0.717, 1.165) is 22.5 Å². The van der Waals surface area contributed by atoms with Crippen LogP contribution in [0.2, 0.25) is 0 Å². The quantitative estimate of drug-likeness (QED) is 0.381. The molecule has 0 bridgehead atoms. The molecule has 0 radical (unpaired) electrons. The van der Waals surface area contributed by atoms with Crippen LogP contribution in [0.4, 0.5) is 5.82 Å². The third-order valence-corrected chi connectivity index (χ3v) is 4.50. The maximum absolute atomic E-state index is 12.8. The second-order valence-electron chi connectivity index (χ2n) is 6.56. The highest BCUT2D eigenvalue weighted by Gasteiger charge is 2.16. The van der Waals surface area contributed by atoms with Crippen LogP contribution in [0.1, 0.15) is 5.56 Å². The van der Waals surface area contributed by atoms with Crippen LogP contribution in [0, 0.1) is 11.3 Å². The molecule has 1 aromatic heterocycles. The molecule has 30 heavy (non-hydrogen) atoms. The van der Waals surface area contributed by atoms with E-state index in [2.05, 4.69) is 10.4 Å². The topological polar surface area (TPSA) is 70.7 Å². The third-order valence-electron chi connectivity index (χ3n) is 4.50. The Hall–Kier alpha value is -4.43. The molecular formula is C25H18N4O. The molecule has 0 aliphatic rings. The number of nitrogens with one attached hydrogen (secondary N) is 1. The van der Waals surface area contributed by atoms with Gasteiger partial charge in [-0.2, -0.15) is 10.4 Å². The van der Waals surface area contributed by atoms with Gasteiger partial charge in [-0.05, 0) is 23.8 Å². The molecule has 0 saturated carbocycles. The third kappa shape index (κ3) is 4.18. The minimum Gasteiger partial charge on any atom is -0.306 e. The van der Waals surface area contributed by atoms with E-state index >= 15 is 0 Å². The number of amides is 1. The zero-order chi connectivity index (χ0) is 20.8. The van der Waals surface area contributed by atoms with Crippen LogP contribution in [0.25, 0.3) is 23.0 Å². The van der Waals surface area contributed by atoms with Crippen LogP contribution in [-0.2, 0) is 4.79 Å². The monoisotopic (exact) mass is 390 g/mol. The zero-order valence-electron chi connectivity index (χ0n) is 16.1. The van der Waals surface area contributed by atoms with Gasteiger partial charge in [0.15, 0.2) is 0 Å². The Bertz CT molecular complexity index is 1220. The molecule has 0 spiro atoms. The molecule has 1 N–H and O–H groups in total. The first-order chi connectivity index (χ1) is 14.7. The fourth-order valence-corrected chi connectivity index (χ4v) is 3.03. The molecule has 0 aliphatic carbocycles. The van der Waals surface area contributed by atoms with Crippen LogP contribution in [0.15, 0.2) is 103 Å². The average molecular weight is 390 g/mol. The first-order valence-corrected chi connectivity index (χ1v) is 9.44. The fraction of sp³-hybridized carbons (Fsp3) is 0. The molecule has 1 amide bonds. The van der Waals surface area contributed by atoms with Gasteiger partial charge in [0, 0.05) is 11.6 Å². The number of benzene rings is 3. The summed E-state index contributed by atoms with van der Waals surface area (Å²) < 4.78 is 1.66. The molecular weight excluding hydrogens is 372 g/mol. The number of hydrogen-bond donors (Lipinski definition) is 1. The summed E-state index contributed by atoms with van der Waals surface area (Å²) in [5.41, 5.74) is 3.26. The molecule has 5 nitrogen and oxygen atoms in total. The second-order valence-corrected chi connectivity index (χ2v) is 6.56. The van der Waals surface area contributed by atoms with Crippen molar-refractivity contribution in [3.8, 4) is 23.0 Å². The summed E-state index contributed by atoms with van der Waals surface area (Å²) in [5.74, 6) is -0.00249. The van der Waals surface area contributed by atoms with E-state index in [1.54, 1.807) is 16.8 Å². The Balaban J connectivity index is 1.71. The lowest BCUT2D eigenvalue weighted by Crippen LogP contribution is -2.16. The summed E-state index contributed by atoms with van der Waals surface area (Å²) in [6, 6.07) is 32.3. The number of para-hydroxylation sites is 1. The van der Waals surface area contributed by atoms with Crippen molar-refractivity contribution >= 4 is 17.8 Å². The lowest BCUT2D eigenvalue weighted by Gasteiger charge is -2.08. The van der Waals surface area contributed by atoms with Gasteiger partial charge in [-0.3, -0.25) is 4.79 Å². The van der Waals surface area contributed by atoms with Crippen molar-refractivity contribution in [1.29, 1.82) is 5.26 Å². The number of anilines is 1. The number of rotatable bonds is 5. The van der Waals surface area contributed by atoms with E-state index in [0.29, 0.717) is 5.82 Å². The molecule has 0 unspecified atom stereocenters. The number of carbonyl (C=O) groups is 1. The minimum atomic E-state index is -0.488. The highest BCUT2D eigenvalue weighted by atomic mass is 16.1. The lowest BCUT2D eigenvalue weighted by atomic mass is 10.1. The predicted molar refractivity (Wildman–Crippen MR) is 118 cm³/mol. The number of aromatic nitrogens is 2. The molecule has 0 atom stereocenters. The molecule has 0 aliphatic heterocycles. The largest absolute Gasteiger partial charge is 0.306 e. The van der Waals surface area contributed by atoms with Crippen LogP contribution < -0.4 is 5.32 Å². The Morgan fingerprint density at radius 2 is 1.50 bits per heavy atom. The Morgan fingerprint density at radius 1 is 0.900 bits per heavy atom. The van der Waals surface area contributed by atoms with Gasteiger partial charge in [-0.1, -0.05) is 78.9 Å². The van der Waals surface area contributed by atoms with Crippen LogP contribution in [-0.4, -0.2) is 15.7 Å². The van der Waals surface area contributed by atoms with Crippen molar-refractivity contribution in [3.05, 3.63) is 108 Å². The maximum atomic E-state index is 12.8. The van der Waals surface area contributed by atoms with Gasteiger partial charge in [0.05, 0.1) is 11.4 Å². The van der Waals surface area contributed by atoms with Crippen molar-refractivity contribution in [3.63, 3.8) is 0 Å². The molecule has 0 fully saturated rings. The van der Waals surface area contributed by atoms with Gasteiger partial charge in [0.1, 0.15) is 17.5 Å². The number of nitrogens with zero attached hydrogens (tertiary/aromatic N) is 3. The summed E-state index contributed by atoms with van der Waals surface area (Å²) in [6.45, 7) is 0. The van der Waals surface area contributed by atoms with Crippen molar-refractivity contribution in [2.75, 3.05) is 5.32 Å². The van der Waals surface area contributed by atoms with Gasteiger partial charge in [-0.25, -0.2) is 4.68 Å². The van der Waals surface area contributed by atoms with Gasteiger partial charge in [0.2, 0.25) is 0 Å². The van der Waals surface area contributed by atoms with E-state index in [-0.39, 0.29) is 5.57 Å². The smallest absolute Gasteiger partial charge is 0.267 e. The maximum Gasteiger partial charge on any atom is 0.267 e. The first-order valence-electron chi connectivity index (χ1n) is 9.44. The van der Waals surface area contributed by atoms with Crippen molar-refractivity contribution in [2.24, 2.45) is 0 Å². The molecule has 144 valence electrons. The summed E-state index contributed by atoms with van der Waals surface area (Å²) in [6.07, 6.45) is 1.57. The SMILES string of the molecule is N#C/C(=C\c1ccccc1)C(=O)Nc1cc(-c2ccccc2)nn1-c1ccccc1. The summed E-state index contributed by atoms with van der Waals surface area (Å²) >= 11 is 0. The van der Waals surface area contributed by atoms with E-state index in [9.17, 15) is 10.1 Å². The fourth-order valence-electron chi connectivity index (χ4n) is 3.03. The molecule has 0 saturated heterocycles. The van der Waals surface area contributed by atoms with Gasteiger partial charge >= 0.3 is 0 Å². The van der Waals surface area contributed by atoms with Gasteiger partial charge in [-0.15, -0.1) is 0 Å². The normalized spacial score (nSPS) is 11.0. The van der Waals surface area contributed by atoms with Gasteiger partial charge in [0.25, 0.3) is 5.91 Å². The molecule has 4 rings (SSSR count). The Morgan fingerprint density at radius 3 is 2.13 bits per heavy atom. The Labute approximate surface area is 174 Å². The number of carbonyl (C=O) groups excluding carboxylic acids is 1. The minimum absolute atomic E-state index is 0.0169. The molecule has 5 heteroatoms. The van der Waals surface area contributed by atoms with E-state index < -0.39 is 5.91 Å². The summed E-state index contributed by atoms with van der Waals surface area (Å²) in [4.78, 5) is 12.8. The molecule has 3 aromatic carbocycles. The van der Waals surface area contributed by atoms with E-state index in [1.165, 1.54) is 0 Å². The molecule has 1 heterocycles. The van der Waals surface area contributed by atoms with Gasteiger partial charge < -0.3 is 5.32 Å². The zero-order valence-corrected chi connectivity index (χ0v) is 16.1. The van der Waals surface area contributed by atoms with Crippen LogP contribution in [0.3, 0.4) is 0 Å². The highest BCUT2D eigenvalue weighted by molar-refractivity contribution is 6.09. The van der Waals surface area contributed by atoms with Crippen LogP contribution >= 0.6 is 0 Å². The standard InChI is InChI=1S/C25H18N4O/c26-18-21(16-19-10-4-1-5-11-19)25(30)27-24-17-23(20-12-6-2-7-13-20)28-29(24)22-14-8-3-9-15-22/h1-17H,(H,27,30)/b21-16+. The second kappa shape index (κ2) is 8.72. The predicted octanol–water partition coefficient (Wildman–Crippen LogP) is 5.08. The first kappa shape index (κ1) is 18.9. The van der Waals surface area contributed by atoms with E-state index in [1.807, 2.05) is 97.1 Å². The average Bonchev–Trinajstić information content (AvgIpc) is 3.23. The summed E-state index contributed by atoms with van der Waals surface area (Å²) in [7, 11) is 0. The van der Waals surface area contributed by atoms with Crippen molar-refractivity contribution in [2.45, 2.75) is 0 Å². The lowest BCUT2D eigenvalue weighted by molar-refractivity contribution is -0.112. The van der Waals surface area contributed by atoms with Crippen LogP contribution in [0.5, 0.6) is 0 Å². The number of hydrogen-bond acceptors (Lipinski definition) is 3. The number of nitriles is 1. The molecule has 4 aromatic rings. The van der Waals surface area contributed by atoms with E-state index in [4.69, 9.17) is 0 Å². The highest BCUT2D eigenvalue weighted by Crippen LogP contribution is 2.25.